The molecule has 7 heteroatoms. The Balaban J connectivity index is 2.07. The van der Waals surface area contributed by atoms with E-state index >= 15 is 0 Å². The summed E-state index contributed by atoms with van der Waals surface area (Å²) in [6.07, 6.45) is 0. The van der Waals surface area contributed by atoms with Crippen molar-refractivity contribution < 1.29 is 9.21 Å². The number of benzene rings is 2. The van der Waals surface area contributed by atoms with E-state index in [4.69, 9.17) is 16.0 Å². The molecule has 2 aromatic carbocycles. The molecule has 0 unspecified atom stereocenters. The minimum Gasteiger partial charge on any atom is -0.388 e. The second-order valence-corrected chi connectivity index (χ2v) is 6.39. The van der Waals surface area contributed by atoms with Crippen LogP contribution in [0.2, 0.25) is 5.02 Å². The number of carbonyl (C=O) groups is 1. The number of anilines is 1. The third-order valence-electron chi connectivity index (χ3n) is 3.28. The molecule has 3 aromatic rings. The van der Waals surface area contributed by atoms with E-state index in [1.807, 2.05) is 12.1 Å². The van der Waals surface area contributed by atoms with E-state index in [1.54, 1.807) is 30.3 Å². The average molecular weight is 441 g/mol. The van der Waals surface area contributed by atoms with E-state index in [9.17, 15) is 9.59 Å². The number of halogens is 2. The predicted molar refractivity (Wildman–Crippen MR) is 97.2 cm³/mol. The first kappa shape index (κ1) is 15.9. The molecule has 1 amide bonds. The third kappa shape index (κ3) is 3.09. The summed E-state index contributed by atoms with van der Waals surface area (Å²) in [5.41, 5.74) is 0.321. The minimum absolute atomic E-state index is 0.0746. The molecule has 0 N–H and O–H groups in total. The molecule has 3 rings (SSSR count). The molecule has 1 heterocycles. The molecule has 5 nitrogen and oxygen atoms in total. The van der Waals surface area contributed by atoms with Crippen LogP contribution in [0.25, 0.3) is 10.9 Å². The summed E-state index contributed by atoms with van der Waals surface area (Å²) < 4.78 is 5.97. The largest absolute Gasteiger partial charge is 0.388 e. The van der Waals surface area contributed by atoms with Crippen LogP contribution in [0.15, 0.2) is 51.7 Å². The van der Waals surface area contributed by atoms with Crippen molar-refractivity contribution in [3.05, 3.63) is 67.0 Å². The van der Waals surface area contributed by atoms with Crippen molar-refractivity contribution in [1.29, 1.82) is 0 Å². The smallest absolute Gasteiger partial charge is 0.348 e. The van der Waals surface area contributed by atoms with Gasteiger partial charge in [0.1, 0.15) is 0 Å². The summed E-state index contributed by atoms with van der Waals surface area (Å²) in [5.74, 6) is -0.313. The third-order valence-corrected chi connectivity index (χ3v) is 4.45. The Bertz CT molecular complexity index is 971. The molecule has 0 aliphatic rings. The van der Waals surface area contributed by atoms with E-state index in [1.165, 1.54) is 11.9 Å². The van der Waals surface area contributed by atoms with Gasteiger partial charge < -0.3 is 4.42 Å². The molecule has 0 fully saturated rings. The molecule has 116 valence electrons. The summed E-state index contributed by atoms with van der Waals surface area (Å²) in [4.78, 5) is 30.1. The molecular weight excluding hydrogens is 431 g/mol. The quantitative estimate of drug-likeness (QED) is 0.570. The highest BCUT2D eigenvalue weighted by Crippen LogP contribution is 2.20. The maximum absolute atomic E-state index is 12.6. The number of aromatic nitrogens is 1. The highest BCUT2D eigenvalue weighted by atomic mass is 127. The Kier molecular flexibility index (Phi) is 4.36. The zero-order chi connectivity index (χ0) is 16.6. The molecule has 0 atom stereocenters. The van der Waals surface area contributed by atoms with Crippen molar-refractivity contribution in [3.63, 3.8) is 0 Å². The van der Waals surface area contributed by atoms with Crippen LogP contribution in [0.1, 0.15) is 10.4 Å². The molecule has 0 saturated carbocycles. The summed E-state index contributed by atoms with van der Waals surface area (Å²) in [5, 5.41) is 0.765. The number of hydrogen-bond acceptors (Lipinski definition) is 4. The lowest BCUT2D eigenvalue weighted by atomic mass is 10.2. The lowest BCUT2D eigenvalue weighted by molar-refractivity contribution is 0.0986. The van der Waals surface area contributed by atoms with Gasteiger partial charge in [-0.15, -0.1) is 0 Å². The topological polar surface area (TPSA) is 63.4 Å². The standard InChI is InChI=1S/C16H10ClIN2O3/c1-20(14(21)10-4-2-3-5-12(10)18)16-19-13-8-9(17)6-7-11(13)15(22)23-16/h2-8H,1H3. The number of rotatable bonds is 2. The van der Waals surface area contributed by atoms with Gasteiger partial charge in [-0.25, -0.2) is 4.79 Å². The van der Waals surface area contributed by atoms with Crippen molar-refractivity contribution in [3.8, 4) is 0 Å². The van der Waals surface area contributed by atoms with Gasteiger partial charge in [-0.2, -0.15) is 4.98 Å². The Labute approximate surface area is 150 Å². The van der Waals surface area contributed by atoms with E-state index in [0.717, 1.165) is 3.57 Å². The fourth-order valence-corrected chi connectivity index (χ4v) is 2.86. The Morgan fingerprint density at radius 2 is 2.00 bits per heavy atom. The van der Waals surface area contributed by atoms with Crippen molar-refractivity contribution in [2.75, 3.05) is 11.9 Å². The normalized spacial score (nSPS) is 10.7. The first-order valence-corrected chi connectivity index (χ1v) is 8.06. The molecule has 0 saturated heterocycles. The van der Waals surface area contributed by atoms with Crippen LogP contribution in [0.5, 0.6) is 0 Å². The molecule has 0 aliphatic heterocycles. The van der Waals surface area contributed by atoms with E-state index in [-0.39, 0.29) is 11.9 Å². The Morgan fingerprint density at radius 3 is 2.74 bits per heavy atom. The van der Waals surface area contributed by atoms with Crippen LogP contribution < -0.4 is 10.5 Å². The first-order valence-electron chi connectivity index (χ1n) is 6.60. The minimum atomic E-state index is -0.566. The van der Waals surface area contributed by atoms with Gasteiger partial charge in [0.25, 0.3) is 5.91 Å². The lowest BCUT2D eigenvalue weighted by Crippen LogP contribution is -2.28. The summed E-state index contributed by atoms with van der Waals surface area (Å²) in [7, 11) is 1.51. The van der Waals surface area contributed by atoms with Gasteiger partial charge in [0.2, 0.25) is 0 Å². The number of amides is 1. The first-order chi connectivity index (χ1) is 11.0. The summed E-state index contributed by atoms with van der Waals surface area (Å²) in [6, 6.07) is 11.8. The van der Waals surface area contributed by atoms with E-state index < -0.39 is 5.63 Å². The van der Waals surface area contributed by atoms with Crippen molar-refractivity contribution in [2.45, 2.75) is 0 Å². The van der Waals surface area contributed by atoms with Crippen LogP contribution in [0.3, 0.4) is 0 Å². The van der Waals surface area contributed by atoms with Gasteiger partial charge in [-0.05, 0) is 52.9 Å². The second kappa shape index (κ2) is 6.29. The van der Waals surface area contributed by atoms with Crippen LogP contribution in [-0.4, -0.2) is 17.9 Å². The maximum Gasteiger partial charge on any atom is 0.348 e. The molecule has 23 heavy (non-hydrogen) atoms. The highest BCUT2D eigenvalue weighted by Gasteiger charge is 2.20. The maximum atomic E-state index is 12.6. The Hall–Kier alpha value is -1.93. The predicted octanol–water partition coefficient (Wildman–Crippen LogP) is 3.72. The van der Waals surface area contributed by atoms with Gasteiger partial charge in [-0.3, -0.25) is 9.69 Å². The summed E-state index contributed by atoms with van der Waals surface area (Å²) >= 11 is 8.00. The van der Waals surface area contributed by atoms with Crippen molar-refractivity contribution >= 4 is 57.0 Å². The van der Waals surface area contributed by atoms with Crippen LogP contribution in [0.4, 0.5) is 6.01 Å². The Morgan fingerprint density at radius 1 is 1.26 bits per heavy atom. The number of nitrogens with zero attached hydrogens (tertiary/aromatic N) is 2. The molecule has 1 aromatic heterocycles. The van der Waals surface area contributed by atoms with Gasteiger partial charge in [-0.1, -0.05) is 23.7 Å². The molecule has 0 spiro atoms. The number of fused-ring (bicyclic) bond motifs is 1. The number of hydrogen-bond donors (Lipinski definition) is 0. The SMILES string of the molecule is CN(C(=O)c1ccccc1I)c1nc2cc(Cl)ccc2c(=O)o1. The van der Waals surface area contributed by atoms with Crippen LogP contribution >= 0.6 is 34.2 Å². The molecule has 0 aliphatic carbocycles. The van der Waals surface area contributed by atoms with E-state index in [2.05, 4.69) is 27.6 Å². The van der Waals surface area contributed by atoms with Gasteiger partial charge in [0.05, 0.1) is 16.5 Å². The highest BCUT2D eigenvalue weighted by molar-refractivity contribution is 14.1. The molecule has 0 bridgehead atoms. The van der Waals surface area contributed by atoms with Gasteiger partial charge in [0.15, 0.2) is 0 Å². The zero-order valence-corrected chi connectivity index (χ0v) is 14.8. The average Bonchev–Trinajstić information content (AvgIpc) is 2.53. The fourth-order valence-electron chi connectivity index (χ4n) is 2.08. The summed E-state index contributed by atoms with van der Waals surface area (Å²) in [6.45, 7) is 0. The van der Waals surface area contributed by atoms with Gasteiger partial charge in [0, 0.05) is 15.6 Å². The zero-order valence-electron chi connectivity index (χ0n) is 11.9. The van der Waals surface area contributed by atoms with E-state index in [0.29, 0.717) is 21.5 Å². The second-order valence-electron chi connectivity index (χ2n) is 4.79. The fraction of sp³-hybridized carbons (Fsp3) is 0.0625. The molecular formula is C16H10ClIN2O3. The van der Waals surface area contributed by atoms with Crippen LogP contribution in [0, 0.1) is 3.57 Å². The molecule has 0 radical (unpaired) electrons. The van der Waals surface area contributed by atoms with Crippen molar-refractivity contribution in [2.24, 2.45) is 0 Å². The number of carbonyl (C=O) groups excluding carboxylic acids is 1. The van der Waals surface area contributed by atoms with Crippen LogP contribution in [-0.2, 0) is 0 Å². The van der Waals surface area contributed by atoms with Crippen molar-refractivity contribution in [1.82, 2.24) is 4.98 Å². The van der Waals surface area contributed by atoms with Gasteiger partial charge >= 0.3 is 11.6 Å². The monoisotopic (exact) mass is 440 g/mol. The lowest BCUT2D eigenvalue weighted by Gasteiger charge is -2.15.